The summed E-state index contributed by atoms with van der Waals surface area (Å²) in [5.74, 6) is -2.40. The molecule has 0 aliphatic rings. The highest BCUT2D eigenvalue weighted by Gasteiger charge is 2.16. The highest BCUT2D eigenvalue weighted by atomic mass is 16.5. The van der Waals surface area contributed by atoms with Crippen LogP contribution >= 0.6 is 0 Å². The van der Waals surface area contributed by atoms with Crippen molar-refractivity contribution in [2.75, 3.05) is 0 Å². The van der Waals surface area contributed by atoms with Gasteiger partial charge in [0.15, 0.2) is 0 Å². The van der Waals surface area contributed by atoms with Crippen LogP contribution in [0, 0.1) is 0 Å². The summed E-state index contributed by atoms with van der Waals surface area (Å²) in [5, 5.41) is 28.0. The summed E-state index contributed by atoms with van der Waals surface area (Å²) < 4.78 is 10.4. The molecule has 0 bridgehead atoms. The van der Waals surface area contributed by atoms with Gasteiger partial charge in [-0.15, -0.1) is 0 Å². The third kappa shape index (κ3) is 3.90. The van der Waals surface area contributed by atoms with Crippen LogP contribution < -0.4 is 10.2 Å². The van der Waals surface area contributed by atoms with Crippen molar-refractivity contribution in [2.24, 2.45) is 0 Å². The van der Waals surface area contributed by atoms with E-state index in [1.165, 1.54) is 36.6 Å². The number of carbonyl (C=O) groups is 2. The first kappa shape index (κ1) is 18.0. The fourth-order valence-corrected chi connectivity index (χ4v) is 2.50. The summed E-state index contributed by atoms with van der Waals surface area (Å²) in [6.45, 7) is 0. The molecule has 1 heterocycles. The molecule has 1 aromatic heterocycles. The average Bonchev–Trinajstić information content (AvgIpc) is 2.61. The van der Waals surface area contributed by atoms with Crippen LogP contribution in [-0.2, 0) is 9.59 Å². The van der Waals surface area contributed by atoms with Crippen LogP contribution in [0.5, 0.6) is 17.2 Å². The van der Waals surface area contributed by atoms with Crippen LogP contribution in [0.2, 0.25) is 0 Å². The van der Waals surface area contributed by atoms with E-state index in [1.54, 1.807) is 0 Å². The lowest BCUT2D eigenvalue weighted by Gasteiger charge is -2.08. The first-order chi connectivity index (χ1) is 12.8. The number of aliphatic carboxylic acids is 1. The van der Waals surface area contributed by atoms with Gasteiger partial charge in [-0.2, -0.15) is 0 Å². The third-order valence-corrected chi connectivity index (χ3v) is 3.78. The lowest BCUT2D eigenvalue weighted by molar-refractivity contribution is -0.142. The minimum atomic E-state index is -1.14. The number of carboxylic acid groups (broad SMARTS) is 1. The van der Waals surface area contributed by atoms with Crippen molar-refractivity contribution < 1.29 is 34.1 Å². The maximum Gasteiger partial charge on any atom is 0.311 e. The molecule has 0 spiro atoms. The summed E-state index contributed by atoms with van der Waals surface area (Å²) >= 11 is 0. The Kier molecular flexibility index (Phi) is 4.80. The predicted molar refractivity (Wildman–Crippen MR) is 93.8 cm³/mol. The lowest BCUT2D eigenvalue weighted by Crippen LogP contribution is -2.10. The Morgan fingerprint density at radius 2 is 1.74 bits per heavy atom. The van der Waals surface area contributed by atoms with Gasteiger partial charge < -0.3 is 24.5 Å². The molecule has 3 aromatic rings. The number of benzene rings is 2. The molecule has 2 aromatic carbocycles. The minimum Gasteiger partial charge on any atom is -0.508 e. The van der Waals surface area contributed by atoms with Gasteiger partial charge in [0.1, 0.15) is 34.5 Å². The molecular weight excluding hydrogens is 356 g/mol. The summed E-state index contributed by atoms with van der Waals surface area (Å²) in [4.78, 5) is 34.8. The molecule has 0 unspecified atom stereocenters. The van der Waals surface area contributed by atoms with Crippen LogP contribution in [0.3, 0.4) is 0 Å². The Morgan fingerprint density at radius 3 is 2.41 bits per heavy atom. The molecule has 0 atom stereocenters. The number of aromatic hydroxyl groups is 2. The molecule has 3 rings (SSSR count). The van der Waals surface area contributed by atoms with Gasteiger partial charge in [0.2, 0.25) is 5.43 Å². The van der Waals surface area contributed by atoms with Gasteiger partial charge in [-0.05, 0) is 17.7 Å². The van der Waals surface area contributed by atoms with Gasteiger partial charge in [-0.25, -0.2) is 0 Å². The molecule has 8 nitrogen and oxygen atoms in total. The molecule has 0 radical (unpaired) electrons. The number of phenolic OH excluding ortho intramolecular Hbond substituents is 2. The van der Waals surface area contributed by atoms with Crippen molar-refractivity contribution in [3.63, 3.8) is 0 Å². The van der Waals surface area contributed by atoms with Crippen LogP contribution in [0.15, 0.2) is 51.9 Å². The van der Waals surface area contributed by atoms with Gasteiger partial charge in [-0.1, -0.05) is 12.1 Å². The number of fused-ring (bicyclic) bond motifs is 1. The lowest BCUT2D eigenvalue weighted by atomic mass is 10.0. The van der Waals surface area contributed by atoms with Crippen molar-refractivity contribution in [3.05, 3.63) is 52.9 Å². The molecular formula is C19H14O8. The Bertz CT molecular complexity index is 1080. The number of hydrogen-bond donors (Lipinski definition) is 3. The van der Waals surface area contributed by atoms with Gasteiger partial charge in [-0.3, -0.25) is 14.4 Å². The molecule has 0 amide bonds. The second-order valence-electron chi connectivity index (χ2n) is 5.71. The summed E-state index contributed by atoms with van der Waals surface area (Å²) in [6.07, 6.45) is 0.480. The fourth-order valence-electron chi connectivity index (χ4n) is 2.50. The summed E-state index contributed by atoms with van der Waals surface area (Å²) in [6, 6.07) is 8.23. The molecule has 138 valence electrons. The zero-order chi connectivity index (χ0) is 19.6. The maximum absolute atomic E-state index is 12.7. The monoisotopic (exact) mass is 370 g/mol. The van der Waals surface area contributed by atoms with E-state index >= 15 is 0 Å². The van der Waals surface area contributed by atoms with Crippen LogP contribution in [0.4, 0.5) is 0 Å². The zero-order valence-corrected chi connectivity index (χ0v) is 13.8. The molecule has 3 N–H and O–H groups in total. The van der Waals surface area contributed by atoms with E-state index in [-0.39, 0.29) is 40.9 Å². The largest absolute Gasteiger partial charge is 0.508 e. The molecule has 0 aliphatic carbocycles. The smallest absolute Gasteiger partial charge is 0.311 e. The summed E-state index contributed by atoms with van der Waals surface area (Å²) in [5.41, 5.74) is 0.183. The first-order valence-corrected chi connectivity index (χ1v) is 7.85. The van der Waals surface area contributed by atoms with Crippen LogP contribution in [-0.4, -0.2) is 27.3 Å². The van der Waals surface area contributed by atoms with Crippen molar-refractivity contribution in [3.8, 4) is 28.4 Å². The second kappa shape index (κ2) is 7.20. The van der Waals surface area contributed by atoms with Crippen molar-refractivity contribution in [2.45, 2.75) is 12.8 Å². The Morgan fingerprint density at radius 1 is 1.04 bits per heavy atom. The number of phenols is 2. The van der Waals surface area contributed by atoms with E-state index in [0.717, 1.165) is 6.07 Å². The first-order valence-electron chi connectivity index (χ1n) is 7.85. The number of rotatable bonds is 5. The minimum absolute atomic E-state index is 0.00330. The van der Waals surface area contributed by atoms with Gasteiger partial charge in [0, 0.05) is 12.1 Å². The van der Waals surface area contributed by atoms with Crippen molar-refractivity contribution >= 4 is 22.9 Å². The predicted octanol–water partition coefficient (Wildman–Crippen LogP) is 2.64. The normalized spacial score (nSPS) is 10.7. The molecule has 0 saturated heterocycles. The molecule has 8 heteroatoms. The number of hydrogen-bond acceptors (Lipinski definition) is 7. The molecule has 0 saturated carbocycles. The maximum atomic E-state index is 12.7. The number of carbonyl (C=O) groups excluding carboxylic acids is 1. The topological polar surface area (TPSA) is 134 Å². The fraction of sp³-hybridized carbons (Fsp3) is 0.105. The third-order valence-electron chi connectivity index (χ3n) is 3.78. The van der Waals surface area contributed by atoms with E-state index in [2.05, 4.69) is 0 Å². The SMILES string of the molecule is O=C(O)CCC(=O)Oc1cc(O)c2c(=O)c(-c3ccc(O)cc3)coc2c1. The van der Waals surface area contributed by atoms with Crippen molar-refractivity contribution in [1.82, 2.24) is 0 Å². The highest BCUT2D eigenvalue weighted by molar-refractivity contribution is 5.89. The van der Waals surface area contributed by atoms with Gasteiger partial charge >= 0.3 is 11.9 Å². The average molecular weight is 370 g/mol. The Labute approximate surface area is 151 Å². The highest BCUT2D eigenvalue weighted by Crippen LogP contribution is 2.30. The standard InChI is InChI=1S/C19H14O8/c20-11-3-1-10(2-4-11)13-9-26-15-8-12(7-14(21)18(15)19(13)25)27-17(24)6-5-16(22)23/h1-4,7-9,20-21H,5-6H2,(H,22,23). The summed E-state index contributed by atoms with van der Waals surface area (Å²) in [7, 11) is 0. The van der Waals surface area contributed by atoms with E-state index in [9.17, 15) is 24.6 Å². The van der Waals surface area contributed by atoms with E-state index in [1.807, 2.05) is 0 Å². The van der Waals surface area contributed by atoms with E-state index < -0.39 is 23.1 Å². The van der Waals surface area contributed by atoms with Gasteiger partial charge in [0.25, 0.3) is 0 Å². The molecule has 27 heavy (non-hydrogen) atoms. The quantitative estimate of drug-likeness (QED) is 0.461. The number of carboxylic acids is 1. The van der Waals surface area contributed by atoms with Crippen LogP contribution in [0.25, 0.3) is 22.1 Å². The Balaban J connectivity index is 1.96. The molecule has 0 aliphatic heterocycles. The second-order valence-corrected chi connectivity index (χ2v) is 5.71. The zero-order valence-electron chi connectivity index (χ0n) is 13.8. The van der Waals surface area contributed by atoms with Crippen molar-refractivity contribution in [1.29, 1.82) is 0 Å². The number of ether oxygens (including phenoxy) is 1. The van der Waals surface area contributed by atoms with E-state index in [0.29, 0.717) is 5.56 Å². The van der Waals surface area contributed by atoms with E-state index in [4.69, 9.17) is 14.3 Å². The Hall–Kier alpha value is -3.81. The van der Waals surface area contributed by atoms with Crippen LogP contribution in [0.1, 0.15) is 12.8 Å². The molecule has 0 fully saturated rings. The number of esters is 1. The van der Waals surface area contributed by atoms with Gasteiger partial charge in [0.05, 0.1) is 18.4 Å².